The van der Waals surface area contributed by atoms with Gasteiger partial charge in [-0.1, -0.05) is 0 Å². The third-order valence-corrected chi connectivity index (χ3v) is 5.10. The van der Waals surface area contributed by atoms with Crippen molar-refractivity contribution in [1.82, 2.24) is 4.90 Å². The van der Waals surface area contributed by atoms with Gasteiger partial charge in [0.2, 0.25) is 0 Å². The second-order valence-electron chi connectivity index (χ2n) is 6.76. The Hall–Kier alpha value is -3.02. The number of carbonyl (C=O) groups is 1. The fourth-order valence-corrected chi connectivity index (χ4v) is 3.89. The monoisotopic (exact) mass is 360 g/mol. The van der Waals surface area contributed by atoms with Crippen molar-refractivity contribution in [2.75, 3.05) is 45.3 Å². The molecule has 1 aromatic rings. The highest BCUT2D eigenvalue weighted by molar-refractivity contribution is 5.70. The number of piperidine rings is 1. The summed E-state index contributed by atoms with van der Waals surface area (Å²) < 4.78 is 10.1. The maximum atomic E-state index is 11.8. The number of rotatable bonds is 3. The van der Waals surface area contributed by atoms with E-state index in [2.05, 4.69) is 0 Å². The molecule has 138 valence electrons. The number of hydrogen-bond donors (Lipinski definition) is 0. The molecule has 3 rings (SSSR count). The summed E-state index contributed by atoms with van der Waals surface area (Å²) in [7, 11) is 2.83. The van der Waals surface area contributed by atoms with Gasteiger partial charge in [-0.05, 0) is 18.9 Å². The summed E-state index contributed by atoms with van der Waals surface area (Å²) in [6, 6.07) is 4.68. The van der Waals surface area contributed by atoms with Crippen LogP contribution in [-0.2, 0) is 4.74 Å². The minimum absolute atomic E-state index is 0.00609. The van der Waals surface area contributed by atoms with E-state index in [0.717, 1.165) is 12.8 Å². The van der Waals surface area contributed by atoms with E-state index in [0.29, 0.717) is 37.6 Å². The van der Waals surface area contributed by atoms with Crippen molar-refractivity contribution in [3.8, 4) is 11.8 Å². The Balaban J connectivity index is 1.81. The minimum atomic E-state index is -0.585. The first-order valence-electron chi connectivity index (χ1n) is 8.27. The number of likely N-dealkylation sites (tertiary alicyclic amines) is 1. The van der Waals surface area contributed by atoms with Gasteiger partial charge in [0.1, 0.15) is 17.4 Å². The number of amides is 1. The van der Waals surface area contributed by atoms with E-state index in [-0.39, 0.29) is 22.8 Å². The molecule has 2 saturated heterocycles. The Kier molecular flexibility index (Phi) is 4.59. The molecule has 26 heavy (non-hydrogen) atoms. The van der Waals surface area contributed by atoms with E-state index in [1.165, 1.54) is 26.4 Å². The number of hydrogen-bond acceptors (Lipinski definition) is 7. The van der Waals surface area contributed by atoms with Gasteiger partial charge in [-0.2, -0.15) is 5.26 Å². The van der Waals surface area contributed by atoms with Crippen LogP contribution < -0.4 is 9.64 Å². The Labute approximate surface area is 150 Å². The summed E-state index contributed by atoms with van der Waals surface area (Å²) in [5.74, 6) is 0.367. The average Bonchev–Trinajstić information content (AvgIpc) is 2.64. The minimum Gasteiger partial charge on any atom is -0.494 e. The van der Waals surface area contributed by atoms with Crippen molar-refractivity contribution in [3.63, 3.8) is 0 Å². The molecule has 0 aliphatic carbocycles. The second-order valence-corrected chi connectivity index (χ2v) is 6.76. The summed E-state index contributed by atoms with van der Waals surface area (Å²) in [6.07, 6.45) is 1.59. The molecule has 2 heterocycles. The van der Waals surface area contributed by atoms with Gasteiger partial charge in [0.05, 0.1) is 30.9 Å². The zero-order valence-electron chi connectivity index (χ0n) is 14.7. The van der Waals surface area contributed by atoms with Crippen LogP contribution >= 0.6 is 0 Å². The van der Waals surface area contributed by atoms with Crippen LogP contribution in [0, 0.1) is 26.9 Å². The molecular formula is C17H20N4O5. The quantitative estimate of drug-likeness (QED) is 0.600. The Morgan fingerprint density at radius 3 is 2.65 bits per heavy atom. The molecule has 0 bridgehead atoms. The van der Waals surface area contributed by atoms with E-state index in [4.69, 9.17) is 9.47 Å². The number of methoxy groups -OCH3 is 2. The highest BCUT2D eigenvalue weighted by Crippen LogP contribution is 2.45. The van der Waals surface area contributed by atoms with E-state index < -0.39 is 4.92 Å². The highest BCUT2D eigenvalue weighted by Gasteiger charge is 2.47. The molecule has 1 spiro atoms. The van der Waals surface area contributed by atoms with Gasteiger partial charge in [-0.3, -0.25) is 10.1 Å². The number of carbonyl (C=O) groups excluding carboxylic acids is 1. The lowest BCUT2D eigenvalue weighted by atomic mass is 9.73. The third kappa shape index (κ3) is 2.98. The number of ether oxygens (including phenoxy) is 2. The molecule has 9 heteroatoms. The van der Waals surface area contributed by atoms with E-state index in [1.807, 2.05) is 11.0 Å². The van der Waals surface area contributed by atoms with Crippen molar-refractivity contribution in [2.45, 2.75) is 12.8 Å². The first-order chi connectivity index (χ1) is 12.4. The zero-order chi connectivity index (χ0) is 18.9. The molecule has 0 radical (unpaired) electrons. The Bertz CT molecular complexity index is 782. The molecule has 9 nitrogen and oxygen atoms in total. The molecule has 0 N–H and O–H groups in total. The number of nitro groups is 1. The van der Waals surface area contributed by atoms with E-state index in [1.54, 1.807) is 4.90 Å². The fraction of sp³-hybridized carbons (Fsp3) is 0.529. The van der Waals surface area contributed by atoms with Gasteiger partial charge in [-0.25, -0.2) is 4.79 Å². The Morgan fingerprint density at radius 1 is 1.35 bits per heavy atom. The molecule has 2 aliphatic rings. The summed E-state index contributed by atoms with van der Waals surface area (Å²) >= 11 is 0. The smallest absolute Gasteiger partial charge is 0.409 e. The number of anilines is 1. The van der Waals surface area contributed by atoms with Crippen LogP contribution in [-0.4, -0.2) is 56.3 Å². The largest absolute Gasteiger partial charge is 0.494 e. The molecule has 0 aromatic heterocycles. The van der Waals surface area contributed by atoms with E-state index in [9.17, 15) is 20.2 Å². The number of nitro benzene ring substituents is 1. The lowest BCUT2D eigenvalue weighted by Crippen LogP contribution is -2.63. The fourth-order valence-electron chi connectivity index (χ4n) is 3.89. The molecule has 1 aromatic carbocycles. The zero-order valence-corrected chi connectivity index (χ0v) is 14.7. The first kappa shape index (κ1) is 17.8. The predicted molar refractivity (Wildman–Crippen MR) is 92.2 cm³/mol. The average molecular weight is 360 g/mol. The molecule has 0 saturated carbocycles. The molecule has 0 atom stereocenters. The molecule has 2 aliphatic heterocycles. The van der Waals surface area contributed by atoms with Crippen molar-refractivity contribution >= 4 is 17.5 Å². The summed E-state index contributed by atoms with van der Waals surface area (Å²) in [4.78, 5) is 26.1. The normalized spacial score (nSPS) is 18.0. The summed E-state index contributed by atoms with van der Waals surface area (Å²) in [5, 5.41) is 20.3. The van der Waals surface area contributed by atoms with Crippen LogP contribution in [0.2, 0.25) is 0 Å². The van der Waals surface area contributed by atoms with Crippen LogP contribution in [0.5, 0.6) is 5.75 Å². The van der Waals surface area contributed by atoms with Crippen LogP contribution in [0.25, 0.3) is 0 Å². The van der Waals surface area contributed by atoms with Crippen LogP contribution in [0.15, 0.2) is 12.1 Å². The lowest BCUT2D eigenvalue weighted by Gasteiger charge is -2.55. The van der Waals surface area contributed by atoms with Gasteiger partial charge >= 0.3 is 6.09 Å². The maximum Gasteiger partial charge on any atom is 0.409 e. The van der Waals surface area contributed by atoms with Crippen LogP contribution in [0.4, 0.5) is 16.2 Å². The number of nitriles is 1. The standard InChI is InChI=1S/C17H20N4O5/c1-25-15-7-13(21(23)24)12(8-18)6-14(15)20-10-17(11-20)4-3-5-19(9-17)16(22)26-2/h6-7H,3-5,9-11H2,1-2H3. The number of nitrogens with zero attached hydrogens (tertiary/aromatic N) is 4. The predicted octanol–water partition coefficient (Wildman–Crippen LogP) is 2.14. The van der Waals surface area contributed by atoms with Crippen molar-refractivity contribution in [2.24, 2.45) is 5.41 Å². The van der Waals surface area contributed by atoms with Crippen molar-refractivity contribution in [1.29, 1.82) is 5.26 Å². The van der Waals surface area contributed by atoms with Gasteiger partial charge < -0.3 is 19.3 Å². The lowest BCUT2D eigenvalue weighted by molar-refractivity contribution is -0.385. The van der Waals surface area contributed by atoms with Crippen LogP contribution in [0.1, 0.15) is 18.4 Å². The van der Waals surface area contributed by atoms with Crippen molar-refractivity contribution in [3.05, 3.63) is 27.8 Å². The third-order valence-electron chi connectivity index (χ3n) is 5.10. The van der Waals surface area contributed by atoms with Gasteiger partial charge in [0, 0.05) is 31.6 Å². The molecular weight excluding hydrogens is 340 g/mol. The van der Waals surface area contributed by atoms with E-state index >= 15 is 0 Å². The molecule has 1 amide bonds. The Morgan fingerprint density at radius 2 is 2.08 bits per heavy atom. The highest BCUT2D eigenvalue weighted by atomic mass is 16.6. The second kappa shape index (κ2) is 6.71. The van der Waals surface area contributed by atoms with Crippen LogP contribution in [0.3, 0.4) is 0 Å². The van der Waals surface area contributed by atoms with Gasteiger partial charge in [-0.15, -0.1) is 0 Å². The SMILES string of the molecule is COC(=O)N1CCCC2(C1)CN(c1cc(C#N)c([N+](=O)[O-])cc1OC)C2. The first-order valence-corrected chi connectivity index (χ1v) is 8.27. The summed E-state index contributed by atoms with van der Waals surface area (Å²) in [5.41, 5.74) is 0.381. The topological polar surface area (TPSA) is 109 Å². The van der Waals surface area contributed by atoms with Gasteiger partial charge in [0.15, 0.2) is 0 Å². The van der Waals surface area contributed by atoms with Gasteiger partial charge in [0.25, 0.3) is 5.69 Å². The maximum absolute atomic E-state index is 11.8. The molecule has 0 unspecified atom stereocenters. The van der Waals surface area contributed by atoms with Crippen molar-refractivity contribution < 1.29 is 19.2 Å². The molecule has 2 fully saturated rings. The number of benzene rings is 1. The summed E-state index contributed by atoms with van der Waals surface area (Å²) in [6.45, 7) is 2.70.